The predicted molar refractivity (Wildman–Crippen MR) is 142 cm³/mol. The highest BCUT2D eigenvalue weighted by molar-refractivity contribution is 5.96. The van der Waals surface area contributed by atoms with Gasteiger partial charge in [-0.2, -0.15) is 0 Å². The lowest BCUT2D eigenvalue weighted by atomic mass is 9.91. The van der Waals surface area contributed by atoms with Crippen molar-refractivity contribution in [2.45, 2.75) is 45.7 Å². The number of carbonyl (C=O) groups is 1. The molecule has 1 aliphatic carbocycles. The van der Waals surface area contributed by atoms with Crippen molar-refractivity contribution in [3.63, 3.8) is 0 Å². The van der Waals surface area contributed by atoms with Gasteiger partial charge in [-0.05, 0) is 67.1 Å². The van der Waals surface area contributed by atoms with Gasteiger partial charge in [0.15, 0.2) is 0 Å². The zero-order valence-corrected chi connectivity index (χ0v) is 20.6. The number of nitrogens with zero attached hydrogens (tertiary/aromatic N) is 4. The minimum atomic E-state index is -0.563. The first-order chi connectivity index (χ1) is 18.0. The summed E-state index contributed by atoms with van der Waals surface area (Å²) in [6.07, 6.45) is 6.07. The molecule has 8 nitrogen and oxygen atoms in total. The number of para-hydroxylation sites is 1. The highest BCUT2D eigenvalue weighted by Crippen LogP contribution is 2.31. The number of benzene rings is 2. The van der Waals surface area contributed by atoms with E-state index in [1.807, 2.05) is 60.8 Å². The zero-order valence-electron chi connectivity index (χ0n) is 20.6. The lowest BCUT2D eigenvalue weighted by molar-refractivity contribution is -0.141. The molecule has 8 heteroatoms. The van der Waals surface area contributed by atoms with E-state index < -0.39 is 11.5 Å². The lowest BCUT2D eigenvalue weighted by Crippen LogP contribution is -2.32. The number of aryl methyl sites for hydroxylation is 2. The highest BCUT2D eigenvalue weighted by atomic mass is 16.7. The van der Waals surface area contributed by atoms with Crippen molar-refractivity contribution in [2.75, 3.05) is 0 Å². The zero-order chi connectivity index (χ0) is 25.5. The van der Waals surface area contributed by atoms with Gasteiger partial charge in [0.2, 0.25) is 0 Å². The molecule has 5 aromatic rings. The van der Waals surface area contributed by atoms with Crippen LogP contribution in [0.3, 0.4) is 0 Å². The lowest BCUT2D eigenvalue weighted by Gasteiger charge is -2.18. The van der Waals surface area contributed by atoms with Gasteiger partial charge in [-0.25, -0.2) is 9.78 Å². The molecule has 0 aliphatic heterocycles. The maximum absolute atomic E-state index is 13.8. The minimum absolute atomic E-state index is 0.239. The summed E-state index contributed by atoms with van der Waals surface area (Å²) in [5.41, 5.74) is 12.4. The molecule has 2 N–H and O–H groups in total. The van der Waals surface area contributed by atoms with Crippen molar-refractivity contribution in [1.29, 1.82) is 0 Å². The second-order valence-electron chi connectivity index (χ2n) is 9.47. The predicted octanol–water partition coefficient (Wildman–Crippen LogP) is 3.77. The average Bonchev–Trinajstić information content (AvgIpc) is 3.27. The van der Waals surface area contributed by atoms with E-state index in [0.29, 0.717) is 29.7 Å². The first kappa shape index (κ1) is 23.1. The number of hydrogen-bond acceptors (Lipinski definition) is 6. The van der Waals surface area contributed by atoms with Crippen LogP contribution in [-0.4, -0.2) is 25.2 Å². The molecule has 3 aromatic heterocycles. The second kappa shape index (κ2) is 9.29. The van der Waals surface area contributed by atoms with Crippen LogP contribution in [0.15, 0.2) is 65.6 Å². The Kier molecular flexibility index (Phi) is 5.81. The molecule has 0 spiro atoms. The summed E-state index contributed by atoms with van der Waals surface area (Å²) in [4.78, 5) is 40.7. The molecule has 0 radical (unpaired) electrons. The van der Waals surface area contributed by atoms with Crippen molar-refractivity contribution >= 4 is 27.9 Å². The third kappa shape index (κ3) is 4.19. The van der Waals surface area contributed by atoms with E-state index in [4.69, 9.17) is 15.6 Å². The Bertz CT molecular complexity index is 1730. The Morgan fingerprint density at radius 3 is 2.51 bits per heavy atom. The molecule has 1 aliphatic rings. The largest absolute Gasteiger partial charge is 0.341 e. The van der Waals surface area contributed by atoms with E-state index in [2.05, 4.69) is 9.55 Å². The fourth-order valence-corrected chi connectivity index (χ4v) is 5.25. The maximum atomic E-state index is 13.8. The molecular weight excluding hydrogens is 466 g/mol. The Morgan fingerprint density at radius 2 is 1.73 bits per heavy atom. The fourth-order valence-electron chi connectivity index (χ4n) is 5.25. The third-order valence-electron chi connectivity index (χ3n) is 6.95. The first-order valence-corrected chi connectivity index (χ1v) is 12.5. The normalized spacial score (nSPS) is 13.1. The first-order valence-electron chi connectivity index (χ1n) is 12.5. The van der Waals surface area contributed by atoms with Crippen LogP contribution < -0.4 is 16.1 Å². The van der Waals surface area contributed by atoms with Gasteiger partial charge in [-0.1, -0.05) is 24.3 Å². The van der Waals surface area contributed by atoms with Crippen LogP contribution in [0, 0.1) is 0 Å². The van der Waals surface area contributed by atoms with Crippen molar-refractivity contribution in [1.82, 2.24) is 19.3 Å². The van der Waals surface area contributed by atoms with Crippen LogP contribution in [0.4, 0.5) is 0 Å². The van der Waals surface area contributed by atoms with E-state index in [1.165, 1.54) is 18.1 Å². The maximum Gasteiger partial charge on any atom is 0.330 e. The van der Waals surface area contributed by atoms with Gasteiger partial charge in [0.25, 0.3) is 0 Å². The summed E-state index contributed by atoms with van der Waals surface area (Å²) in [5.74, 6) is -0.563. The smallest absolute Gasteiger partial charge is 0.330 e. The van der Waals surface area contributed by atoms with Gasteiger partial charge < -0.3 is 15.1 Å². The molecule has 0 amide bonds. The van der Waals surface area contributed by atoms with E-state index in [9.17, 15) is 9.59 Å². The number of rotatable bonds is 5. The molecule has 0 atom stereocenters. The number of carbonyl (C=O) groups excluding carboxylic acids is 1. The highest BCUT2D eigenvalue weighted by Gasteiger charge is 2.21. The Morgan fingerprint density at radius 1 is 0.973 bits per heavy atom. The summed E-state index contributed by atoms with van der Waals surface area (Å²) in [6.45, 7) is 2.17. The molecule has 0 saturated heterocycles. The molecule has 186 valence electrons. The number of aromatic nitrogens is 4. The molecular formula is C29H27N5O3. The number of pyridine rings is 1. The third-order valence-corrected chi connectivity index (χ3v) is 6.95. The molecule has 6 rings (SSSR count). The van der Waals surface area contributed by atoms with E-state index in [0.717, 1.165) is 52.7 Å². The molecule has 0 unspecified atom stereocenters. The van der Waals surface area contributed by atoms with Crippen LogP contribution in [0.5, 0.6) is 0 Å². The topological polar surface area (TPSA) is 105 Å². The summed E-state index contributed by atoms with van der Waals surface area (Å²) >= 11 is 0. The molecule has 3 heterocycles. The van der Waals surface area contributed by atoms with Gasteiger partial charge in [0.1, 0.15) is 11.2 Å². The van der Waals surface area contributed by atoms with Crippen molar-refractivity contribution < 1.29 is 9.63 Å². The fraction of sp³-hybridized carbons (Fsp3) is 0.241. The molecule has 2 aromatic carbocycles. The van der Waals surface area contributed by atoms with Crippen molar-refractivity contribution in [2.24, 2.45) is 5.73 Å². The Labute approximate surface area is 213 Å². The van der Waals surface area contributed by atoms with Gasteiger partial charge in [0.05, 0.1) is 23.4 Å². The van der Waals surface area contributed by atoms with E-state index in [1.54, 1.807) is 0 Å². The number of fused-ring (bicyclic) bond motifs is 3. The molecule has 0 fully saturated rings. The summed E-state index contributed by atoms with van der Waals surface area (Å²) in [7, 11) is 0. The second-order valence-corrected chi connectivity index (χ2v) is 9.47. The standard InChI is InChI=1S/C29H27N5O3/c1-18(35)37-34-27-14-20-8-3-2-7-19(20)13-25(27)32-28(29(34)36)24-17-33(26-12-5-4-11-23(24)26)16-22-10-6-9-21(15-30)31-22/h4-6,9-14,17H,2-3,7-8,15-16,30H2,1H3. The van der Waals surface area contributed by atoms with Crippen LogP contribution in [0.25, 0.3) is 33.2 Å². The average molecular weight is 494 g/mol. The number of hydrogen-bond donors (Lipinski definition) is 1. The quantitative estimate of drug-likeness (QED) is 0.400. The number of nitrogens with two attached hydrogens (primary N) is 1. The van der Waals surface area contributed by atoms with Gasteiger partial charge >= 0.3 is 11.5 Å². The summed E-state index contributed by atoms with van der Waals surface area (Å²) in [5, 5.41) is 0.883. The molecule has 0 bridgehead atoms. The van der Waals surface area contributed by atoms with Crippen molar-refractivity contribution in [3.05, 3.63) is 93.7 Å². The van der Waals surface area contributed by atoms with Crippen LogP contribution in [-0.2, 0) is 30.7 Å². The van der Waals surface area contributed by atoms with E-state index in [-0.39, 0.29) is 5.69 Å². The summed E-state index contributed by atoms with van der Waals surface area (Å²) in [6, 6.07) is 17.7. The van der Waals surface area contributed by atoms with Gasteiger partial charge in [0, 0.05) is 36.1 Å². The minimum Gasteiger partial charge on any atom is -0.341 e. The van der Waals surface area contributed by atoms with Crippen LogP contribution in [0.1, 0.15) is 42.3 Å². The van der Waals surface area contributed by atoms with Crippen LogP contribution in [0.2, 0.25) is 0 Å². The Balaban J connectivity index is 1.56. The SMILES string of the molecule is CC(=O)On1c(=O)c(-c2cn(Cc3cccc(CN)n3)c3ccccc23)nc2cc3c(cc21)CCCC3. The Hall–Kier alpha value is -4.30. The monoisotopic (exact) mass is 493 g/mol. The van der Waals surface area contributed by atoms with Gasteiger partial charge in [-0.15, -0.1) is 4.73 Å². The molecule has 0 saturated carbocycles. The molecule has 37 heavy (non-hydrogen) atoms. The summed E-state index contributed by atoms with van der Waals surface area (Å²) < 4.78 is 3.16. The van der Waals surface area contributed by atoms with Gasteiger partial charge in [-0.3, -0.25) is 9.78 Å². The van der Waals surface area contributed by atoms with Crippen LogP contribution >= 0.6 is 0 Å². The van der Waals surface area contributed by atoms with E-state index >= 15 is 0 Å². The van der Waals surface area contributed by atoms with Crippen molar-refractivity contribution in [3.8, 4) is 11.3 Å².